The molecule has 0 unspecified atom stereocenters. The summed E-state index contributed by atoms with van der Waals surface area (Å²) in [6, 6.07) is 54.5. The molecule has 0 atom stereocenters. The fourth-order valence-electron chi connectivity index (χ4n) is 11.5. The smallest absolute Gasteiger partial charge is 0.141 e. The molecule has 0 N–H and O–H groups in total. The first-order chi connectivity index (χ1) is 28.2. The van der Waals surface area contributed by atoms with Gasteiger partial charge in [-0.15, -0.1) is 0 Å². The van der Waals surface area contributed by atoms with Crippen LogP contribution < -0.4 is 4.90 Å². The van der Waals surface area contributed by atoms with Gasteiger partial charge in [0, 0.05) is 38.6 Å². The van der Waals surface area contributed by atoms with Crippen molar-refractivity contribution < 1.29 is 4.42 Å². The van der Waals surface area contributed by atoms with Crippen molar-refractivity contribution >= 4 is 44.6 Å². The predicted octanol–water partition coefficient (Wildman–Crippen LogP) is 15.1. The lowest BCUT2D eigenvalue weighted by molar-refractivity contribution is 0.607. The zero-order valence-corrected chi connectivity index (χ0v) is 33.8. The Morgan fingerprint density at radius 1 is 0.500 bits per heavy atom. The second-order valence-corrected chi connectivity index (χ2v) is 18.1. The maximum Gasteiger partial charge on any atom is 0.141 e. The van der Waals surface area contributed by atoms with Crippen molar-refractivity contribution in [1.82, 2.24) is 0 Å². The summed E-state index contributed by atoms with van der Waals surface area (Å²) in [6.45, 7) is 12.0. The van der Waals surface area contributed by atoms with Crippen LogP contribution in [-0.4, -0.2) is 0 Å². The number of anilines is 3. The van der Waals surface area contributed by atoms with Crippen LogP contribution in [0, 0.1) is 0 Å². The highest BCUT2D eigenvalue weighted by Gasteiger charge is 2.44. The first-order valence-corrected chi connectivity index (χ1v) is 20.9. The Kier molecular flexibility index (Phi) is 6.75. The Morgan fingerprint density at radius 2 is 1.07 bits per heavy atom. The van der Waals surface area contributed by atoms with E-state index in [1.165, 1.54) is 66.8 Å². The van der Waals surface area contributed by atoms with Crippen LogP contribution >= 0.6 is 0 Å². The second kappa shape index (κ2) is 11.6. The Balaban J connectivity index is 1.14. The SMILES string of the molecule is CC1(C)C2=C(C=CCC2)c2ccc(N(c3ccc4c(c3)C(C)(C)c3ccccc3-4)c3ccc(C4(C)c5ccccc5-c5ccccc54)c4oc5ccccc5c34)cc21. The summed E-state index contributed by atoms with van der Waals surface area (Å²) in [6.07, 6.45) is 6.93. The molecule has 2 heteroatoms. The second-order valence-electron chi connectivity index (χ2n) is 18.1. The fourth-order valence-corrected chi connectivity index (χ4v) is 11.5. The lowest BCUT2D eigenvalue weighted by Crippen LogP contribution is -2.23. The topological polar surface area (TPSA) is 16.4 Å². The molecule has 0 spiro atoms. The zero-order valence-electron chi connectivity index (χ0n) is 33.8. The summed E-state index contributed by atoms with van der Waals surface area (Å²) < 4.78 is 7.13. The van der Waals surface area contributed by atoms with Gasteiger partial charge >= 0.3 is 0 Å². The summed E-state index contributed by atoms with van der Waals surface area (Å²) in [5.41, 5.74) is 22.2. The van der Waals surface area contributed by atoms with Crippen LogP contribution in [0.4, 0.5) is 17.1 Å². The van der Waals surface area contributed by atoms with Crippen LogP contribution in [0.15, 0.2) is 168 Å². The highest BCUT2D eigenvalue weighted by molar-refractivity contribution is 6.15. The number of para-hydroxylation sites is 1. The van der Waals surface area contributed by atoms with Gasteiger partial charge in [-0.2, -0.15) is 0 Å². The van der Waals surface area contributed by atoms with Crippen molar-refractivity contribution in [1.29, 1.82) is 0 Å². The Morgan fingerprint density at radius 3 is 1.78 bits per heavy atom. The Hall–Kier alpha value is -6.38. The minimum Gasteiger partial charge on any atom is -0.456 e. The highest BCUT2D eigenvalue weighted by Crippen LogP contribution is 2.58. The monoisotopic (exact) mass is 747 g/mol. The molecule has 7 aromatic carbocycles. The number of benzene rings is 7. The molecule has 0 radical (unpaired) electrons. The van der Waals surface area contributed by atoms with E-state index < -0.39 is 5.41 Å². The third-order valence-electron chi connectivity index (χ3n) is 14.5. The summed E-state index contributed by atoms with van der Waals surface area (Å²) in [5.74, 6) is 0. The molecular formula is C56H45NO. The molecule has 0 aliphatic heterocycles. The van der Waals surface area contributed by atoms with E-state index in [2.05, 4.69) is 197 Å². The molecule has 12 rings (SSSR count). The average molecular weight is 748 g/mol. The molecule has 0 bridgehead atoms. The number of rotatable bonds is 4. The van der Waals surface area contributed by atoms with Crippen molar-refractivity contribution in [3.8, 4) is 22.3 Å². The van der Waals surface area contributed by atoms with E-state index in [1.54, 1.807) is 5.57 Å². The van der Waals surface area contributed by atoms with Crippen LogP contribution in [0.25, 0.3) is 49.8 Å². The standard InChI is InChI=1S/C56H45NO/c1-54(2)43-21-11-6-16-36(43)40-28-26-34(32-48(40)54)57(35-27-29-41-37-17-7-12-22-44(37)55(3,4)49(41)33-35)50-31-30-47(53-52(50)42-20-10-15-25-51(42)58-53)56(5)45-23-13-8-18-38(45)39-19-9-14-24-46(39)56/h6-11,13-21,23-33H,12,22H2,1-5H3. The molecule has 0 saturated carbocycles. The Labute approximate surface area is 340 Å². The van der Waals surface area contributed by atoms with E-state index in [4.69, 9.17) is 4.42 Å². The van der Waals surface area contributed by atoms with Gasteiger partial charge in [-0.05, 0) is 117 Å². The van der Waals surface area contributed by atoms with E-state index >= 15 is 0 Å². The molecule has 1 aromatic heterocycles. The molecule has 4 aliphatic carbocycles. The molecule has 1 heterocycles. The molecule has 58 heavy (non-hydrogen) atoms. The first-order valence-electron chi connectivity index (χ1n) is 20.9. The molecule has 280 valence electrons. The van der Waals surface area contributed by atoms with Crippen molar-refractivity contribution in [2.24, 2.45) is 0 Å². The van der Waals surface area contributed by atoms with Crippen molar-refractivity contribution in [3.05, 3.63) is 202 Å². The summed E-state index contributed by atoms with van der Waals surface area (Å²) in [5, 5.41) is 2.26. The van der Waals surface area contributed by atoms with Crippen LogP contribution in [0.3, 0.4) is 0 Å². The van der Waals surface area contributed by atoms with Gasteiger partial charge in [0.1, 0.15) is 11.2 Å². The predicted molar refractivity (Wildman–Crippen MR) is 242 cm³/mol. The van der Waals surface area contributed by atoms with E-state index in [1.807, 2.05) is 0 Å². The van der Waals surface area contributed by atoms with Crippen molar-refractivity contribution in [2.45, 2.75) is 63.7 Å². The van der Waals surface area contributed by atoms with E-state index in [0.29, 0.717) is 0 Å². The van der Waals surface area contributed by atoms with Crippen LogP contribution in [0.5, 0.6) is 0 Å². The van der Waals surface area contributed by atoms with Crippen LogP contribution in [-0.2, 0) is 16.2 Å². The maximum absolute atomic E-state index is 7.13. The quantitative estimate of drug-likeness (QED) is 0.178. The lowest BCUT2D eigenvalue weighted by Gasteiger charge is -2.32. The average Bonchev–Trinajstić information content (AvgIpc) is 3.91. The summed E-state index contributed by atoms with van der Waals surface area (Å²) in [4.78, 5) is 2.52. The molecule has 0 fully saturated rings. The number of allylic oxidation sites excluding steroid dienone is 4. The first kappa shape index (κ1) is 33.7. The van der Waals surface area contributed by atoms with E-state index in [0.717, 1.165) is 51.8 Å². The number of fused-ring (bicyclic) bond motifs is 11. The van der Waals surface area contributed by atoms with Gasteiger partial charge < -0.3 is 9.32 Å². The minimum atomic E-state index is -0.415. The zero-order chi connectivity index (χ0) is 39.1. The molecular weight excluding hydrogens is 703 g/mol. The van der Waals surface area contributed by atoms with Crippen LogP contribution in [0.1, 0.15) is 86.4 Å². The number of furan rings is 1. The number of hydrogen-bond donors (Lipinski definition) is 0. The fraction of sp³-hybridized carbons (Fsp3) is 0.179. The van der Waals surface area contributed by atoms with Gasteiger partial charge in [-0.3, -0.25) is 0 Å². The lowest BCUT2D eigenvalue weighted by atomic mass is 9.73. The molecule has 0 saturated heterocycles. The molecule has 0 amide bonds. The van der Waals surface area contributed by atoms with Crippen molar-refractivity contribution in [2.75, 3.05) is 4.90 Å². The Bertz CT molecular complexity index is 3100. The van der Waals surface area contributed by atoms with E-state index in [9.17, 15) is 0 Å². The van der Waals surface area contributed by atoms with Gasteiger partial charge in [0.05, 0.1) is 11.1 Å². The van der Waals surface area contributed by atoms with E-state index in [-0.39, 0.29) is 10.8 Å². The molecule has 2 nitrogen and oxygen atoms in total. The largest absolute Gasteiger partial charge is 0.456 e. The van der Waals surface area contributed by atoms with Gasteiger partial charge in [-0.25, -0.2) is 0 Å². The number of nitrogens with zero attached hydrogens (tertiary/aromatic N) is 1. The maximum atomic E-state index is 7.13. The third kappa shape index (κ3) is 4.28. The molecule has 4 aliphatic rings. The van der Waals surface area contributed by atoms with Gasteiger partial charge in [-0.1, -0.05) is 155 Å². The van der Waals surface area contributed by atoms with Gasteiger partial charge in [0.25, 0.3) is 0 Å². The van der Waals surface area contributed by atoms with Crippen molar-refractivity contribution in [3.63, 3.8) is 0 Å². The van der Waals surface area contributed by atoms with Gasteiger partial charge in [0.15, 0.2) is 0 Å². The highest BCUT2D eigenvalue weighted by atomic mass is 16.3. The van der Waals surface area contributed by atoms with Gasteiger partial charge in [0.2, 0.25) is 0 Å². The summed E-state index contributed by atoms with van der Waals surface area (Å²) in [7, 11) is 0. The third-order valence-corrected chi connectivity index (χ3v) is 14.5. The summed E-state index contributed by atoms with van der Waals surface area (Å²) >= 11 is 0. The number of hydrogen-bond acceptors (Lipinski definition) is 2. The molecule has 8 aromatic rings. The normalized spacial score (nSPS) is 17.2. The minimum absolute atomic E-state index is 0.0575. The van der Waals surface area contributed by atoms with Crippen LogP contribution in [0.2, 0.25) is 0 Å².